The van der Waals surface area contributed by atoms with E-state index in [1.165, 1.54) is 122 Å². The molecule has 62 heavy (non-hydrogen) atoms. The quantitative estimate of drug-likeness (QED) is 0.168. The van der Waals surface area contributed by atoms with E-state index < -0.39 is 0 Å². The van der Waals surface area contributed by atoms with Crippen LogP contribution in [0.5, 0.6) is 0 Å². The Kier molecular flexibility index (Phi) is 7.16. The second-order valence-electron chi connectivity index (χ2n) is 18.5. The van der Waals surface area contributed by atoms with Gasteiger partial charge in [0.15, 0.2) is 0 Å². The molecule has 0 radical (unpaired) electrons. The van der Waals surface area contributed by atoms with Gasteiger partial charge in [-0.05, 0) is 140 Å². The summed E-state index contributed by atoms with van der Waals surface area (Å²) in [6.45, 7) is 9.65. The Hall–Kier alpha value is -7.42. The Morgan fingerprint density at radius 2 is 0.806 bits per heavy atom. The fourth-order valence-electron chi connectivity index (χ4n) is 11.4. The molecule has 2 heteroatoms. The van der Waals surface area contributed by atoms with Gasteiger partial charge in [-0.3, -0.25) is 0 Å². The van der Waals surface area contributed by atoms with E-state index in [-0.39, 0.29) is 10.8 Å². The Morgan fingerprint density at radius 3 is 1.47 bits per heavy atom. The van der Waals surface area contributed by atoms with Crippen LogP contribution in [-0.2, 0) is 10.8 Å². The summed E-state index contributed by atoms with van der Waals surface area (Å²) in [6, 6.07) is 72.5. The molecule has 0 aliphatic heterocycles. The molecule has 0 atom stereocenters. The maximum absolute atomic E-state index is 2.54. The van der Waals surface area contributed by atoms with Gasteiger partial charge in [0.2, 0.25) is 0 Å². The molecule has 13 rings (SSSR count). The van der Waals surface area contributed by atoms with Crippen LogP contribution in [0.15, 0.2) is 194 Å². The molecular weight excluding hydrogens is 749 g/mol. The number of aromatic nitrogens is 2. The van der Waals surface area contributed by atoms with Crippen molar-refractivity contribution in [3.8, 4) is 55.9 Å². The fraction of sp³-hybridized carbons (Fsp3) is 0.100. The zero-order valence-electron chi connectivity index (χ0n) is 35.4. The van der Waals surface area contributed by atoms with Gasteiger partial charge in [-0.25, -0.2) is 0 Å². The topological polar surface area (TPSA) is 9.86 Å². The molecule has 0 spiro atoms. The molecule has 0 fully saturated rings. The largest absolute Gasteiger partial charge is 0.309 e. The maximum atomic E-state index is 2.54. The third-order valence-electron chi connectivity index (χ3n) is 14.5. The summed E-state index contributed by atoms with van der Waals surface area (Å²) < 4.78 is 4.87. The molecule has 2 aromatic heterocycles. The predicted molar refractivity (Wildman–Crippen MR) is 261 cm³/mol. The Balaban J connectivity index is 0.938. The molecule has 2 heterocycles. The predicted octanol–water partition coefficient (Wildman–Crippen LogP) is 15.8. The summed E-state index contributed by atoms with van der Waals surface area (Å²) in [7, 11) is 0. The zero-order valence-corrected chi connectivity index (χ0v) is 35.4. The van der Waals surface area contributed by atoms with E-state index in [0.29, 0.717) is 0 Å². The highest BCUT2D eigenvalue weighted by molar-refractivity contribution is 6.13. The van der Waals surface area contributed by atoms with E-state index in [1.807, 2.05) is 0 Å². The normalized spacial score (nSPS) is 14.4. The van der Waals surface area contributed by atoms with Crippen molar-refractivity contribution in [1.82, 2.24) is 9.13 Å². The maximum Gasteiger partial charge on any atom is 0.0541 e. The summed E-state index contributed by atoms with van der Waals surface area (Å²) in [5.41, 5.74) is 23.1. The Labute approximate surface area is 362 Å². The van der Waals surface area contributed by atoms with Crippen molar-refractivity contribution < 1.29 is 0 Å². The van der Waals surface area contributed by atoms with Crippen LogP contribution < -0.4 is 0 Å². The minimum atomic E-state index is -0.182. The summed E-state index contributed by atoms with van der Waals surface area (Å²) in [4.78, 5) is 0. The van der Waals surface area contributed by atoms with Gasteiger partial charge >= 0.3 is 0 Å². The molecule has 2 aliphatic carbocycles. The van der Waals surface area contributed by atoms with E-state index in [1.54, 1.807) is 0 Å². The van der Waals surface area contributed by atoms with Crippen molar-refractivity contribution in [2.45, 2.75) is 38.5 Å². The van der Waals surface area contributed by atoms with Crippen LogP contribution in [0.3, 0.4) is 0 Å². The molecule has 0 saturated carbocycles. The zero-order chi connectivity index (χ0) is 41.5. The number of nitrogens with zero attached hydrogens (tertiary/aromatic N) is 2. The molecular formula is C60H44N2. The highest BCUT2D eigenvalue weighted by atomic mass is 15.0. The lowest BCUT2D eigenvalue weighted by Crippen LogP contribution is -2.17. The molecule has 0 N–H and O–H groups in total. The van der Waals surface area contributed by atoms with Crippen LogP contribution >= 0.6 is 0 Å². The van der Waals surface area contributed by atoms with E-state index >= 15 is 0 Å². The Morgan fingerprint density at radius 1 is 0.290 bits per heavy atom. The molecule has 9 aromatic carbocycles. The van der Waals surface area contributed by atoms with Crippen molar-refractivity contribution in [2.24, 2.45) is 0 Å². The standard InChI is InChI=1S/C60H44N2/c1-59(2)50-23-15-22-42(37-16-7-5-8-17-37)58(50)49-36-52-46(35-53(49)59)43-29-28-41(34-51(43)60(52,3)4)62-55-25-14-12-21-45(55)48-33-39(27-31-57(48)62)38-26-30-56-47(32-38)44-20-11-13-24-54(44)61(56)40-18-9-6-10-19-40/h5-36H,1-4H3. The van der Waals surface area contributed by atoms with Gasteiger partial charge in [0.25, 0.3) is 0 Å². The van der Waals surface area contributed by atoms with Crippen LogP contribution in [0.25, 0.3) is 99.5 Å². The van der Waals surface area contributed by atoms with E-state index in [4.69, 9.17) is 0 Å². The van der Waals surface area contributed by atoms with Crippen LogP contribution in [-0.4, -0.2) is 9.13 Å². The second-order valence-corrected chi connectivity index (χ2v) is 18.5. The van der Waals surface area contributed by atoms with Crippen LogP contribution in [0.4, 0.5) is 0 Å². The second kappa shape index (κ2) is 12.6. The first kappa shape index (κ1) is 35.3. The van der Waals surface area contributed by atoms with Gasteiger partial charge < -0.3 is 9.13 Å². The molecule has 0 amide bonds. The lowest BCUT2D eigenvalue weighted by atomic mass is 9.79. The van der Waals surface area contributed by atoms with E-state index in [2.05, 4.69) is 231 Å². The molecule has 0 saturated heterocycles. The third kappa shape index (κ3) is 4.75. The summed E-state index contributed by atoms with van der Waals surface area (Å²) in [5.74, 6) is 0. The first-order valence-electron chi connectivity index (χ1n) is 21.9. The third-order valence-corrected chi connectivity index (χ3v) is 14.5. The van der Waals surface area contributed by atoms with E-state index in [0.717, 1.165) is 0 Å². The summed E-state index contributed by atoms with van der Waals surface area (Å²) >= 11 is 0. The Bertz CT molecular complexity index is 3670. The van der Waals surface area contributed by atoms with Crippen LogP contribution in [0, 0.1) is 0 Å². The van der Waals surface area contributed by atoms with Crippen molar-refractivity contribution in [1.29, 1.82) is 0 Å². The average molecular weight is 793 g/mol. The van der Waals surface area contributed by atoms with Crippen LogP contribution in [0.1, 0.15) is 49.9 Å². The van der Waals surface area contributed by atoms with Gasteiger partial charge in [0.05, 0.1) is 22.1 Å². The molecule has 2 aliphatic rings. The van der Waals surface area contributed by atoms with Crippen molar-refractivity contribution >= 4 is 43.6 Å². The average Bonchev–Trinajstić information content (AvgIpc) is 3.97. The van der Waals surface area contributed by atoms with Gasteiger partial charge in [-0.1, -0.05) is 149 Å². The first-order valence-corrected chi connectivity index (χ1v) is 21.9. The summed E-state index contributed by atoms with van der Waals surface area (Å²) in [6.07, 6.45) is 0. The number of hydrogen-bond acceptors (Lipinski definition) is 0. The number of benzene rings is 9. The van der Waals surface area contributed by atoms with Crippen molar-refractivity contribution in [3.63, 3.8) is 0 Å². The van der Waals surface area contributed by atoms with Gasteiger partial charge in [0.1, 0.15) is 0 Å². The molecule has 0 bridgehead atoms. The number of hydrogen-bond donors (Lipinski definition) is 0. The fourth-order valence-corrected chi connectivity index (χ4v) is 11.4. The molecule has 2 nitrogen and oxygen atoms in total. The number of rotatable bonds is 4. The number of fused-ring (bicyclic) bond motifs is 12. The number of para-hydroxylation sites is 3. The lowest BCUT2D eigenvalue weighted by Gasteiger charge is -2.24. The lowest BCUT2D eigenvalue weighted by molar-refractivity contribution is 0.652. The monoisotopic (exact) mass is 792 g/mol. The highest BCUT2D eigenvalue weighted by Gasteiger charge is 2.42. The molecule has 294 valence electrons. The molecule has 0 unspecified atom stereocenters. The minimum Gasteiger partial charge on any atom is -0.309 e. The molecule has 11 aromatic rings. The minimum absolute atomic E-state index is 0.105. The first-order chi connectivity index (χ1) is 30.3. The summed E-state index contributed by atoms with van der Waals surface area (Å²) in [5, 5.41) is 5.06. The van der Waals surface area contributed by atoms with E-state index in [9.17, 15) is 0 Å². The van der Waals surface area contributed by atoms with Crippen molar-refractivity contribution in [3.05, 3.63) is 216 Å². The van der Waals surface area contributed by atoms with Crippen molar-refractivity contribution in [2.75, 3.05) is 0 Å². The SMILES string of the molecule is CC1(C)c2cc(-n3c4ccccc4c4cc(-c5ccc6c(c5)c5ccccc5n6-c5ccccc5)ccc43)ccc2-c2cc3c(cc21)-c1c(-c2ccccc2)cccc1C3(C)C. The smallest absolute Gasteiger partial charge is 0.0541 e. The van der Waals surface area contributed by atoms with Crippen LogP contribution in [0.2, 0.25) is 0 Å². The van der Waals surface area contributed by atoms with Gasteiger partial charge in [0, 0.05) is 43.7 Å². The van der Waals surface area contributed by atoms with Gasteiger partial charge in [-0.15, -0.1) is 0 Å². The highest BCUT2D eigenvalue weighted by Crippen LogP contribution is 2.58. The van der Waals surface area contributed by atoms with Gasteiger partial charge in [-0.2, -0.15) is 0 Å².